The monoisotopic (exact) mass is 322 g/mol. The van der Waals surface area contributed by atoms with Crippen LogP contribution >= 0.6 is 22.3 Å². The molecule has 7 heteroatoms. The van der Waals surface area contributed by atoms with Gasteiger partial charge in [0.15, 0.2) is 11.5 Å². The fourth-order valence-corrected chi connectivity index (χ4v) is 3.35. The highest BCUT2D eigenvalue weighted by Gasteiger charge is 2.46. The van der Waals surface area contributed by atoms with Crippen LogP contribution in [0.1, 0.15) is 18.4 Å². The average Bonchev–Trinajstić information content (AvgIpc) is 3.05. The van der Waals surface area contributed by atoms with Crippen LogP contribution in [0, 0.1) is 5.41 Å². The molecular formula is C12H12Cl2O4S. The highest BCUT2D eigenvalue weighted by Crippen LogP contribution is 2.50. The van der Waals surface area contributed by atoms with Gasteiger partial charge < -0.3 is 9.47 Å². The van der Waals surface area contributed by atoms with E-state index in [1.165, 1.54) is 0 Å². The van der Waals surface area contributed by atoms with Crippen molar-refractivity contribution in [1.82, 2.24) is 0 Å². The van der Waals surface area contributed by atoms with Crippen molar-refractivity contribution in [3.05, 3.63) is 22.7 Å². The van der Waals surface area contributed by atoms with Crippen molar-refractivity contribution in [2.45, 2.75) is 18.6 Å². The smallest absolute Gasteiger partial charge is 0.236 e. The normalized spacial score (nSPS) is 20.1. The Balaban J connectivity index is 1.93. The Morgan fingerprint density at radius 1 is 1.21 bits per heavy atom. The molecule has 0 saturated heterocycles. The number of halogens is 2. The van der Waals surface area contributed by atoms with Crippen molar-refractivity contribution < 1.29 is 17.9 Å². The summed E-state index contributed by atoms with van der Waals surface area (Å²) in [6.45, 7) is 1.17. The third-order valence-corrected chi connectivity index (χ3v) is 4.71. The minimum absolute atomic E-state index is 0.112. The molecule has 0 bridgehead atoms. The summed E-state index contributed by atoms with van der Waals surface area (Å²) in [6.07, 6.45) is 2.17. The van der Waals surface area contributed by atoms with E-state index in [1.807, 2.05) is 0 Å². The Hall–Kier alpha value is -0.650. The molecule has 0 radical (unpaired) electrons. The van der Waals surface area contributed by atoms with E-state index in [0.29, 0.717) is 35.3 Å². The second-order valence-electron chi connectivity index (χ2n) is 5.17. The summed E-state index contributed by atoms with van der Waals surface area (Å²) in [5.74, 6) is 0.698. The molecule has 4 nitrogen and oxygen atoms in total. The fraction of sp³-hybridized carbons (Fsp3) is 0.500. The zero-order chi connectivity index (χ0) is 13.7. The lowest BCUT2D eigenvalue weighted by Crippen LogP contribution is -2.17. The van der Waals surface area contributed by atoms with Crippen molar-refractivity contribution in [3.63, 3.8) is 0 Å². The molecule has 1 aliphatic carbocycles. The molecular weight excluding hydrogens is 311 g/mol. The van der Waals surface area contributed by atoms with Gasteiger partial charge in [0.25, 0.3) is 0 Å². The zero-order valence-corrected chi connectivity index (χ0v) is 12.3. The zero-order valence-electron chi connectivity index (χ0n) is 9.99. The van der Waals surface area contributed by atoms with Gasteiger partial charge in [-0.25, -0.2) is 8.42 Å². The Morgan fingerprint density at radius 2 is 1.89 bits per heavy atom. The van der Waals surface area contributed by atoms with Crippen molar-refractivity contribution >= 4 is 31.3 Å². The topological polar surface area (TPSA) is 52.6 Å². The first-order chi connectivity index (χ1) is 8.87. The maximum atomic E-state index is 11.1. The summed E-state index contributed by atoms with van der Waals surface area (Å²) in [7, 11) is 1.62. The van der Waals surface area contributed by atoms with Crippen LogP contribution < -0.4 is 9.47 Å². The molecule has 0 atom stereocenters. The number of hydrogen-bond acceptors (Lipinski definition) is 4. The van der Waals surface area contributed by atoms with Crippen LogP contribution in [-0.2, 0) is 14.8 Å². The number of rotatable bonds is 2. The van der Waals surface area contributed by atoms with Gasteiger partial charge in [-0.2, -0.15) is 0 Å². The molecule has 1 fully saturated rings. The third-order valence-electron chi connectivity index (χ3n) is 3.42. The van der Waals surface area contributed by atoms with Gasteiger partial charge in [0.05, 0.1) is 24.0 Å². The van der Waals surface area contributed by atoms with Gasteiger partial charge in [0.2, 0.25) is 9.05 Å². The Morgan fingerprint density at radius 3 is 2.53 bits per heavy atom. The van der Waals surface area contributed by atoms with Crippen LogP contribution in [0.25, 0.3) is 0 Å². The molecule has 0 amide bonds. The predicted molar refractivity (Wildman–Crippen MR) is 72.6 cm³/mol. The SMILES string of the molecule is O=S(=O)(Cl)Cc1cc(Cl)c2c(c1)OCC1(CC1)CO2. The van der Waals surface area contributed by atoms with Gasteiger partial charge >= 0.3 is 0 Å². The lowest BCUT2D eigenvalue weighted by atomic mass is 10.1. The second-order valence-corrected chi connectivity index (χ2v) is 8.35. The van der Waals surface area contributed by atoms with Crippen molar-refractivity contribution in [1.29, 1.82) is 0 Å². The molecule has 0 unspecified atom stereocenters. The van der Waals surface area contributed by atoms with E-state index in [9.17, 15) is 8.42 Å². The van der Waals surface area contributed by atoms with Crippen LogP contribution in [0.5, 0.6) is 11.5 Å². The molecule has 2 aliphatic rings. The lowest BCUT2D eigenvalue weighted by molar-refractivity contribution is 0.197. The standard InChI is InChI=1S/C12H12Cl2O4S/c13-9-3-8(5-19(14,15)16)4-10-11(9)18-7-12(1-2-12)6-17-10/h3-4H,1-2,5-7H2. The largest absolute Gasteiger partial charge is 0.489 e. The maximum Gasteiger partial charge on any atom is 0.236 e. The second kappa shape index (κ2) is 4.43. The van der Waals surface area contributed by atoms with Crippen molar-refractivity contribution in [2.24, 2.45) is 5.41 Å². The van der Waals surface area contributed by atoms with Gasteiger partial charge in [-0.15, -0.1) is 0 Å². The quantitative estimate of drug-likeness (QED) is 0.785. The van der Waals surface area contributed by atoms with E-state index in [4.69, 9.17) is 31.8 Å². The van der Waals surface area contributed by atoms with Gasteiger partial charge in [0.1, 0.15) is 0 Å². The molecule has 1 saturated carbocycles. The third kappa shape index (κ3) is 2.93. The average molecular weight is 323 g/mol. The van der Waals surface area contributed by atoms with E-state index < -0.39 is 9.05 Å². The molecule has 1 spiro atoms. The molecule has 1 heterocycles. The van der Waals surface area contributed by atoms with E-state index in [-0.39, 0.29) is 11.2 Å². The van der Waals surface area contributed by atoms with E-state index in [1.54, 1.807) is 12.1 Å². The van der Waals surface area contributed by atoms with E-state index >= 15 is 0 Å². The highest BCUT2D eigenvalue weighted by molar-refractivity contribution is 8.13. The minimum Gasteiger partial charge on any atom is -0.489 e. The van der Waals surface area contributed by atoms with Crippen molar-refractivity contribution in [2.75, 3.05) is 13.2 Å². The molecule has 1 aliphatic heterocycles. The molecule has 104 valence electrons. The van der Waals surface area contributed by atoms with Crippen LogP contribution in [-0.4, -0.2) is 21.6 Å². The van der Waals surface area contributed by atoms with Gasteiger partial charge in [-0.3, -0.25) is 0 Å². The summed E-state index contributed by atoms with van der Waals surface area (Å²) < 4.78 is 33.6. The molecule has 0 aromatic heterocycles. The number of hydrogen-bond donors (Lipinski definition) is 0. The van der Waals surface area contributed by atoms with Crippen molar-refractivity contribution in [3.8, 4) is 11.5 Å². The summed E-state index contributed by atoms with van der Waals surface area (Å²) in [6, 6.07) is 3.18. The van der Waals surface area contributed by atoms with Gasteiger partial charge in [0, 0.05) is 16.1 Å². The molecule has 19 heavy (non-hydrogen) atoms. The Labute approximate surface area is 121 Å². The molecule has 1 aromatic rings. The van der Waals surface area contributed by atoms with Crippen LogP contribution in [0.3, 0.4) is 0 Å². The first-order valence-electron chi connectivity index (χ1n) is 5.87. The van der Waals surface area contributed by atoms with Gasteiger partial charge in [-0.1, -0.05) is 11.6 Å². The summed E-state index contributed by atoms with van der Waals surface area (Å²) in [4.78, 5) is 0. The maximum absolute atomic E-state index is 11.1. The summed E-state index contributed by atoms with van der Waals surface area (Å²) in [5, 5.41) is 0.352. The van der Waals surface area contributed by atoms with E-state index in [0.717, 1.165) is 12.8 Å². The first-order valence-corrected chi connectivity index (χ1v) is 8.73. The highest BCUT2D eigenvalue weighted by atomic mass is 35.7. The molecule has 3 rings (SSSR count). The molecule has 0 N–H and O–H groups in total. The molecule has 1 aromatic carbocycles. The Bertz CT molecular complexity index is 623. The van der Waals surface area contributed by atoms with Crippen LogP contribution in [0.4, 0.5) is 0 Å². The first kappa shape index (κ1) is 13.3. The van der Waals surface area contributed by atoms with E-state index in [2.05, 4.69) is 0 Å². The summed E-state index contributed by atoms with van der Waals surface area (Å²) >= 11 is 6.12. The number of fused-ring (bicyclic) bond motifs is 1. The van der Waals surface area contributed by atoms with Gasteiger partial charge in [-0.05, 0) is 30.5 Å². The Kier molecular flexibility index (Phi) is 3.11. The predicted octanol–water partition coefficient (Wildman–Crippen LogP) is 2.96. The van der Waals surface area contributed by atoms with Crippen LogP contribution in [0.15, 0.2) is 12.1 Å². The number of ether oxygens (including phenoxy) is 2. The van der Waals surface area contributed by atoms with Crippen LogP contribution in [0.2, 0.25) is 5.02 Å². The fourth-order valence-electron chi connectivity index (χ4n) is 2.11. The summed E-state index contributed by atoms with van der Waals surface area (Å²) in [5.41, 5.74) is 0.607. The lowest BCUT2D eigenvalue weighted by Gasteiger charge is -2.10. The minimum atomic E-state index is -3.62. The number of benzene rings is 1.